The van der Waals surface area contributed by atoms with Gasteiger partial charge in [0.05, 0.1) is 5.56 Å². The Hall–Kier alpha value is -2.29. The molecule has 31 heavy (non-hydrogen) atoms. The lowest BCUT2D eigenvalue weighted by atomic mass is 9.86. The molecule has 1 aromatic rings. The van der Waals surface area contributed by atoms with Gasteiger partial charge < -0.3 is 9.84 Å². The molecular formula is C28H40O3. The molecule has 0 fully saturated rings. The highest BCUT2D eigenvalue weighted by Gasteiger charge is 2.33. The molecule has 0 aliphatic carbocycles. The minimum Gasteiger partial charge on any atom is -0.507 e. The summed E-state index contributed by atoms with van der Waals surface area (Å²) < 4.78 is 6.38. The summed E-state index contributed by atoms with van der Waals surface area (Å²) in [7, 11) is 0. The summed E-state index contributed by atoms with van der Waals surface area (Å²) in [4.78, 5) is 11.3. The SMILES string of the molecule is CC(C)=CCC/C(C)=C/CC/C(C)=C/CC[C@@]1(C)CCc2cc(O)c(C=O)c(C)c2O1. The molecule has 3 nitrogen and oxygen atoms in total. The van der Waals surface area contributed by atoms with Crippen molar-refractivity contribution in [3.8, 4) is 11.5 Å². The Labute approximate surface area is 188 Å². The van der Waals surface area contributed by atoms with E-state index in [1.807, 2.05) is 6.92 Å². The zero-order valence-electron chi connectivity index (χ0n) is 20.3. The van der Waals surface area contributed by atoms with Crippen LogP contribution in [0.5, 0.6) is 11.5 Å². The van der Waals surface area contributed by atoms with Gasteiger partial charge in [-0.1, -0.05) is 34.9 Å². The number of fused-ring (bicyclic) bond motifs is 1. The van der Waals surface area contributed by atoms with Crippen molar-refractivity contribution in [3.63, 3.8) is 0 Å². The standard InChI is InChI=1S/C28H40O3/c1-20(2)10-7-11-21(3)12-8-13-22(4)14-9-16-28(6)17-15-24-18-26(30)25(19-29)23(5)27(24)31-28/h10,12,14,18-19,30H,7-9,11,13,15-17H2,1-6H3/b21-12+,22-14+/t28-/m0/s1. The van der Waals surface area contributed by atoms with Crippen LogP contribution in [0.25, 0.3) is 0 Å². The van der Waals surface area contributed by atoms with Gasteiger partial charge >= 0.3 is 0 Å². The molecule has 0 aromatic heterocycles. The molecule has 0 bridgehead atoms. The van der Waals surface area contributed by atoms with Crippen molar-refractivity contribution in [2.24, 2.45) is 0 Å². The maximum Gasteiger partial charge on any atom is 0.154 e. The van der Waals surface area contributed by atoms with E-state index in [0.29, 0.717) is 11.8 Å². The number of carbonyl (C=O) groups is 1. The summed E-state index contributed by atoms with van der Waals surface area (Å²) in [5.74, 6) is 0.835. The predicted octanol–water partition coefficient (Wildman–Crippen LogP) is 7.80. The third kappa shape index (κ3) is 7.41. The minimum absolute atomic E-state index is 0.0539. The first-order valence-corrected chi connectivity index (χ1v) is 11.6. The van der Waals surface area contributed by atoms with E-state index in [4.69, 9.17) is 4.74 Å². The second-order valence-corrected chi connectivity index (χ2v) is 9.59. The van der Waals surface area contributed by atoms with Gasteiger partial charge in [-0.3, -0.25) is 4.79 Å². The Bertz CT molecular complexity index is 869. The summed E-state index contributed by atoms with van der Waals surface area (Å²) >= 11 is 0. The number of ether oxygens (including phenoxy) is 1. The number of phenols is 1. The van der Waals surface area contributed by atoms with Crippen LogP contribution in [0.1, 0.15) is 101 Å². The molecule has 2 rings (SSSR count). The summed E-state index contributed by atoms with van der Waals surface area (Å²) in [5, 5.41) is 10.0. The third-order valence-electron chi connectivity index (χ3n) is 6.30. The van der Waals surface area contributed by atoms with Gasteiger partial charge in [0.1, 0.15) is 17.1 Å². The maximum absolute atomic E-state index is 11.3. The van der Waals surface area contributed by atoms with E-state index in [1.54, 1.807) is 6.07 Å². The number of aromatic hydroxyl groups is 1. The van der Waals surface area contributed by atoms with Gasteiger partial charge in [-0.25, -0.2) is 0 Å². The van der Waals surface area contributed by atoms with Gasteiger partial charge in [-0.05, 0) is 105 Å². The predicted molar refractivity (Wildman–Crippen MR) is 130 cm³/mol. The van der Waals surface area contributed by atoms with Crippen LogP contribution < -0.4 is 4.74 Å². The van der Waals surface area contributed by atoms with Crippen molar-refractivity contribution < 1.29 is 14.6 Å². The lowest BCUT2D eigenvalue weighted by molar-refractivity contribution is 0.0560. The van der Waals surface area contributed by atoms with Gasteiger partial charge in [0.2, 0.25) is 0 Å². The number of aldehydes is 1. The molecule has 3 heteroatoms. The highest BCUT2D eigenvalue weighted by atomic mass is 16.5. The number of allylic oxidation sites excluding steroid dienone is 6. The summed E-state index contributed by atoms with van der Waals surface area (Å²) in [6.45, 7) is 12.8. The number of carbonyl (C=O) groups excluding carboxylic acids is 1. The number of hydrogen-bond acceptors (Lipinski definition) is 3. The van der Waals surface area contributed by atoms with Crippen molar-refractivity contribution in [3.05, 3.63) is 57.7 Å². The minimum atomic E-state index is -0.243. The van der Waals surface area contributed by atoms with E-state index < -0.39 is 0 Å². The van der Waals surface area contributed by atoms with Crippen LogP contribution in [0.15, 0.2) is 41.0 Å². The number of hydrogen-bond donors (Lipinski definition) is 1. The Morgan fingerprint density at radius 3 is 2.29 bits per heavy atom. The number of phenolic OH excluding ortho intramolecular Hbond substituents is 1. The zero-order chi connectivity index (χ0) is 23.0. The molecule has 1 aliphatic rings. The van der Waals surface area contributed by atoms with Crippen LogP contribution >= 0.6 is 0 Å². The molecule has 1 heterocycles. The Kier molecular flexibility index (Phi) is 9.15. The highest BCUT2D eigenvalue weighted by Crippen LogP contribution is 2.41. The molecule has 0 unspecified atom stereocenters. The van der Waals surface area contributed by atoms with Crippen LogP contribution in [-0.4, -0.2) is 17.0 Å². The smallest absolute Gasteiger partial charge is 0.154 e. The zero-order valence-corrected chi connectivity index (χ0v) is 20.3. The number of rotatable bonds is 10. The van der Waals surface area contributed by atoms with E-state index in [0.717, 1.165) is 68.2 Å². The van der Waals surface area contributed by atoms with Crippen molar-refractivity contribution in [1.29, 1.82) is 0 Å². The molecule has 1 atom stereocenters. The second-order valence-electron chi connectivity index (χ2n) is 9.59. The van der Waals surface area contributed by atoms with Crippen LogP contribution in [-0.2, 0) is 6.42 Å². The van der Waals surface area contributed by atoms with Gasteiger partial charge in [0.15, 0.2) is 6.29 Å². The Morgan fingerprint density at radius 1 is 1.06 bits per heavy atom. The van der Waals surface area contributed by atoms with Gasteiger partial charge in [-0.15, -0.1) is 0 Å². The van der Waals surface area contributed by atoms with Gasteiger partial charge in [-0.2, -0.15) is 0 Å². The molecule has 0 amide bonds. The van der Waals surface area contributed by atoms with Crippen molar-refractivity contribution in [2.75, 3.05) is 0 Å². The Morgan fingerprint density at radius 2 is 1.68 bits per heavy atom. The molecule has 0 spiro atoms. The van der Waals surface area contributed by atoms with E-state index in [1.165, 1.54) is 16.7 Å². The summed E-state index contributed by atoms with van der Waals surface area (Å²) in [6.07, 6.45) is 15.9. The van der Waals surface area contributed by atoms with E-state index in [-0.39, 0.29) is 11.4 Å². The van der Waals surface area contributed by atoms with E-state index in [2.05, 4.69) is 52.8 Å². The van der Waals surface area contributed by atoms with Crippen LogP contribution in [0.4, 0.5) is 0 Å². The van der Waals surface area contributed by atoms with Crippen molar-refractivity contribution in [1.82, 2.24) is 0 Å². The van der Waals surface area contributed by atoms with Gasteiger partial charge in [0.25, 0.3) is 0 Å². The lowest BCUT2D eigenvalue weighted by Gasteiger charge is -2.37. The molecule has 1 N–H and O–H groups in total. The highest BCUT2D eigenvalue weighted by molar-refractivity contribution is 5.83. The normalized spacial score (nSPS) is 18.9. The van der Waals surface area contributed by atoms with Crippen LogP contribution in [0.3, 0.4) is 0 Å². The van der Waals surface area contributed by atoms with Crippen LogP contribution in [0.2, 0.25) is 0 Å². The summed E-state index contributed by atoms with van der Waals surface area (Å²) in [5.41, 5.74) is 6.13. The average Bonchev–Trinajstić information content (AvgIpc) is 2.69. The van der Waals surface area contributed by atoms with Crippen molar-refractivity contribution in [2.45, 2.75) is 98.5 Å². The third-order valence-corrected chi connectivity index (χ3v) is 6.30. The first kappa shape index (κ1) is 25.0. The fourth-order valence-electron chi connectivity index (χ4n) is 4.18. The quantitative estimate of drug-likeness (QED) is 0.308. The average molecular weight is 425 g/mol. The maximum atomic E-state index is 11.3. The molecular weight excluding hydrogens is 384 g/mol. The molecule has 0 saturated carbocycles. The molecule has 1 aromatic carbocycles. The fraction of sp³-hybridized carbons (Fsp3) is 0.536. The molecule has 0 saturated heterocycles. The number of aryl methyl sites for hydroxylation is 1. The monoisotopic (exact) mass is 424 g/mol. The lowest BCUT2D eigenvalue weighted by Crippen LogP contribution is -2.36. The van der Waals surface area contributed by atoms with E-state index in [9.17, 15) is 9.90 Å². The largest absolute Gasteiger partial charge is 0.507 e. The first-order valence-electron chi connectivity index (χ1n) is 11.6. The first-order chi connectivity index (χ1) is 14.6. The molecule has 1 aliphatic heterocycles. The molecule has 170 valence electrons. The van der Waals surface area contributed by atoms with Crippen LogP contribution in [0, 0.1) is 6.92 Å². The Balaban J connectivity index is 1.87. The topological polar surface area (TPSA) is 46.5 Å². The number of benzene rings is 1. The van der Waals surface area contributed by atoms with E-state index >= 15 is 0 Å². The second kappa shape index (κ2) is 11.4. The fourth-order valence-corrected chi connectivity index (χ4v) is 4.18. The van der Waals surface area contributed by atoms with Gasteiger partial charge in [0, 0.05) is 5.56 Å². The van der Waals surface area contributed by atoms with Crippen molar-refractivity contribution >= 4 is 6.29 Å². The molecule has 0 radical (unpaired) electrons. The summed E-state index contributed by atoms with van der Waals surface area (Å²) in [6, 6.07) is 1.69.